The molecule has 0 N–H and O–H groups in total. The lowest BCUT2D eigenvalue weighted by Crippen LogP contribution is -2.27. The van der Waals surface area contributed by atoms with Gasteiger partial charge in [0.25, 0.3) is 0 Å². The largest absolute Gasteiger partial charge is 0.246 e. The molecule has 0 aliphatic heterocycles. The van der Waals surface area contributed by atoms with Gasteiger partial charge in [-0.15, -0.1) is 0 Å². The van der Waals surface area contributed by atoms with Gasteiger partial charge >= 0.3 is 0 Å². The molecule has 0 saturated carbocycles. The molecule has 2 rings (SSSR count). The Balaban J connectivity index is 2.36. The molecule has 0 heterocycles. The molecule has 0 fully saturated rings. The summed E-state index contributed by atoms with van der Waals surface area (Å²) in [4.78, 5) is -0.981. The van der Waals surface area contributed by atoms with Crippen LogP contribution in [0.5, 0.6) is 0 Å². The van der Waals surface area contributed by atoms with E-state index in [2.05, 4.69) is 0 Å². The molecule has 0 aliphatic carbocycles. The van der Waals surface area contributed by atoms with Gasteiger partial charge in [0.15, 0.2) is 17.5 Å². The summed E-state index contributed by atoms with van der Waals surface area (Å²) in [6, 6.07) is 6.35. The number of halogens is 4. The van der Waals surface area contributed by atoms with Crippen LogP contribution >= 0.6 is 0 Å². The van der Waals surface area contributed by atoms with Crippen molar-refractivity contribution < 1.29 is 26.0 Å². The maximum Gasteiger partial charge on any atom is 0.246 e. The molecule has 3 nitrogen and oxygen atoms in total. The number of sulfonamides is 1. The first-order valence-electron chi connectivity index (χ1n) is 6.08. The van der Waals surface area contributed by atoms with Crippen LogP contribution in [0.1, 0.15) is 5.56 Å². The van der Waals surface area contributed by atoms with Gasteiger partial charge in [0.05, 0.1) is 0 Å². The molecule has 0 unspecified atom stereocenters. The summed E-state index contributed by atoms with van der Waals surface area (Å²) >= 11 is 0. The molecule has 0 radical (unpaired) electrons. The zero-order valence-electron chi connectivity index (χ0n) is 11.4. The summed E-state index contributed by atoms with van der Waals surface area (Å²) in [5.74, 6) is -5.68. The van der Waals surface area contributed by atoms with Gasteiger partial charge in [-0.1, -0.05) is 12.1 Å². The predicted octanol–water partition coefficient (Wildman–Crippen LogP) is 3.06. The topological polar surface area (TPSA) is 37.4 Å². The summed E-state index contributed by atoms with van der Waals surface area (Å²) < 4.78 is 77.9. The standard InChI is InChI=1S/C14H11F4NO2S/c1-19(8-9-3-2-4-10(15)7-9)22(20,21)12-6-5-11(16)13(17)14(12)18/h2-7H,8H2,1H3. The summed E-state index contributed by atoms with van der Waals surface area (Å²) in [5, 5.41) is 0. The predicted molar refractivity (Wildman–Crippen MR) is 71.4 cm³/mol. The Morgan fingerprint density at radius 1 is 1.00 bits per heavy atom. The zero-order chi connectivity index (χ0) is 16.5. The highest BCUT2D eigenvalue weighted by atomic mass is 32.2. The van der Waals surface area contributed by atoms with E-state index in [0.717, 1.165) is 17.4 Å². The van der Waals surface area contributed by atoms with Gasteiger partial charge in [-0.3, -0.25) is 0 Å². The first kappa shape index (κ1) is 16.4. The molecule has 0 atom stereocenters. The van der Waals surface area contributed by atoms with Crippen LogP contribution in [0.2, 0.25) is 0 Å². The van der Waals surface area contributed by atoms with E-state index in [1.54, 1.807) is 0 Å². The van der Waals surface area contributed by atoms with E-state index in [-0.39, 0.29) is 6.54 Å². The summed E-state index contributed by atoms with van der Waals surface area (Å²) in [6.07, 6.45) is 0. The highest BCUT2D eigenvalue weighted by molar-refractivity contribution is 7.89. The molecule has 0 spiro atoms. The van der Waals surface area contributed by atoms with Crippen molar-refractivity contribution >= 4 is 10.0 Å². The third kappa shape index (κ3) is 3.12. The summed E-state index contributed by atoms with van der Waals surface area (Å²) in [7, 11) is -3.26. The SMILES string of the molecule is CN(Cc1cccc(F)c1)S(=O)(=O)c1ccc(F)c(F)c1F. The van der Waals surface area contributed by atoms with Crippen LogP contribution in [0.4, 0.5) is 17.6 Å². The van der Waals surface area contributed by atoms with Crippen molar-refractivity contribution in [2.45, 2.75) is 11.4 Å². The maximum atomic E-state index is 13.6. The molecule has 2 aromatic rings. The van der Waals surface area contributed by atoms with Crippen LogP contribution in [-0.4, -0.2) is 19.8 Å². The van der Waals surface area contributed by atoms with E-state index in [0.29, 0.717) is 17.7 Å². The van der Waals surface area contributed by atoms with Crippen LogP contribution in [0.15, 0.2) is 41.3 Å². The van der Waals surface area contributed by atoms with Gasteiger partial charge in [0.1, 0.15) is 10.7 Å². The Kier molecular flexibility index (Phi) is 4.52. The first-order valence-corrected chi connectivity index (χ1v) is 7.52. The van der Waals surface area contributed by atoms with E-state index < -0.39 is 38.2 Å². The van der Waals surface area contributed by atoms with Gasteiger partial charge in [0.2, 0.25) is 10.0 Å². The Bertz CT molecular complexity index is 808. The number of nitrogens with zero attached hydrogens (tertiary/aromatic N) is 1. The lowest BCUT2D eigenvalue weighted by Gasteiger charge is -2.18. The number of hydrogen-bond acceptors (Lipinski definition) is 2. The second kappa shape index (κ2) is 6.05. The molecule has 2 aromatic carbocycles. The lowest BCUT2D eigenvalue weighted by molar-refractivity contribution is 0.421. The average Bonchev–Trinajstić information content (AvgIpc) is 2.44. The molecular weight excluding hydrogens is 322 g/mol. The molecule has 0 aromatic heterocycles. The van der Waals surface area contributed by atoms with Gasteiger partial charge in [-0.25, -0.2) is 26.0 Å². The van der Waals surface area contributed by atoms with Crippen molar-refractivity contribution in [1.29, 1.82) is 0 Å². The van der Waals surface area contributed by atoms with Gasteiger partial charge in [-0.2, -0.15) is 4.31 Å². The van der Waals surface area contributed by atoms with Gasteiger partial charge < -0.3 is 0 Å². The van der Waals surface area contributed by atoms with Gasteiger partial charge in [-0.05, 0) is 29.8 Å². The van der Waals surface area contributed by atoms with Crippen molar-refractivity contribution in [3.63, 3.8) is 0 Å². The third-order valence-electron chi connectivity index (χ3n) is 2.98. The van der Waals surface area contributed by atoms with E-state index >= 15 is 0 Å². The van der Waals surface area contributed by atoms with Crippen LogP contribution in [0.3, 0.4) is 0 Å². The zero-order valence-corrected chi connectivity index (χ0v) is 12.2. The van der Waals surface area contributed by atoms with E-state index in [4.69, 9.17) is 0 Å². The fourth-order valence-corrected chi connectivity index (χ4v) is 3.06. The van der Waals surface area contributed by atoms with Crippen molar-refractivity contribution in [2.75, 3.05) is 7.05 Å². The van der Waals surface area contributed by atoms with E-state index in [1.807, 2.05) is 0 Å². The number of rotatable bonds is 4. The second-order valence-electron chi connectivity index (χ2n) is 4.56. The Morgan fingerprint density at radius 3 is 2.32 bits per heavy atom. The molecule has 22 heavy (non-hydrogen) atoms. The third-order valence-corrected chi connectivity index (χ3v) is 4.80. The molecule has 0 aliphatic rings. The van der Waals surface area contributed by atoms with Crippen molar-refractivity contribution in [3.8, 4) is 0 Å². The molecular formula is C14H11F4NO2S. The van der Waals surface area contributed by atoms with Crippen molar-refractivity contribution in [3.05, 3.63) is 65.2 Å². The van der Waals surface area contributed by atoms with Crippen molar-refractivity contribution in [2.24, 2.45) is 0 Å². The molecule has 0 amide bonds. The number of benzene rings is 2. The molecule has 8 heteroatoms. The van der Waals surface area contributed by atoms with Crippen LogP contribution < -0.4 is 0 Å². The van der Waals surface area contributed by atoms with Gasteiger partial charge in [0, 0.05) is 13.6 Å². The van der Waals surface area contributed by atoms with Crippen molar-refractivity contribution in [1.82, 2.24) is 4.31 Å². The van der Waals surface area contributed by atoms with E-state index in [9.17, 15) is 26.0 Å². The average molecular weight is 333 g/mol. The summed E-state index contributed by atoms with van der Waals surface area (Å²) in [5.41, 5.74) is 0.328. The highest BCUT2D eigenvalue weighted by Crippen LogP contribution is 2.23. The highest BCUT2D eigenvalue weighted by Gasteiger charge is 2.27. The minimum Gasteiger partial charge on any atom is -0.207 e. The monoisotopic (exact) mass is 333 g/mol. The molecule has 118 valence electrons. The number of hydrogen-bond donors (Lipinski definition) is 0. The maximum absolute atomic E-state index is 13.6. The van der Waals surface area contributed by atoms with E-state index in [1.165, 1.54) is 18.2 Å². The quantitative estimate of drug-likeness (QED) is 0.637. The molecule has 0 bridgehead atoms. The second-order valence-corrected chi connectivity index (χ2v) is 6.58. The summed E-state index contributed by atoms with van der Waals surface area (Å²) in [6.45, 7) is -0.251. The minimum atomic E-state index is -4.39. The molecule has 0 saturated heterocycles. The van der Waals surface area contributed by atoms with Crippen LogP contribution in [0, 0.1) is 23.3 Å². The van der Waals surface area contributed by atoms with Crippen LogP contribution in [0.25, 0.3) is 0 Å². The Morgan fingerprint density at radius 2 is 1.68 bits per heavy atom. The first-order chi connectivity index (χ1) is 10.2. The van der Waals surface area contributed by atoms with Crippen LogP contribution in [-0.2, 0) is 16.6 Å². The minimum absolute atomic E-state index is 0.251. The lowest BCUT2D eigenvalue weighted by atomic mass is 10.2. The Hall–Kier alpha value is -1.93. The normalized spacial score (nSPS) is 11.9. The Labute approximate surface area is 124 Å². The fourth-order valence-electron chi connectivity index (χ4n) is 1.85. The fraction of sp³-hybridized carbons (Fsp3) is 0.143. The smallest absolute Gasteiger partial charge is 0.207 e.